The van der Waals surface area contributed by atoms with Crippen LogP contribution in [-0.2, 0) is 14.3 Å². The van der Waals surface area contributed by atoms with E-state index in [4.69, 9.17) is 37.4 Å². The molecule has 0 atom stereocenters. The molecule has 2 aromatic rings. The lowest BCUT2D eigenvalue weighted by Gasteiger charge is -2.08. The zero-order chi connectivity index (χ0) is 19.6. The molecular formula is C19H13Cl2NO5. The lowest BCUT2D eigenvalue weighted by atomic mass is 10.1. The fourth-order valence-electron chi connectivity index (χ4n) is 2.36. The molecule has 8 heteroatoms. The van der Waals surface area contributed by atoms with Crippen molar-refractivity contribution in [2.24, 2.45) is 4.99 Å². The third-order valence-electron chi connectivity index (χ3n) is 3.53. The van der Waals surface area contributed by atoms with E-state index in [0.717, 1.165) is 0 Å². The summed E-state index contributed by atoms with van der Waals surface area (Å²) >= 11 is 12.0. The molecule has 1 heterocycles. The van der Waals surface area contributed by atoms with Crippen LogP contribution in [0.2, 0.25) is 10.0 Å². The fourth-order valence-corrected chi connectivity index (χ4v) is 2.85. The van der Waals surface area contributed by atoms with Gasteiger partial charge in [0.15, 0.2) is 17.2 Å². The van der Waals surface area contributed by atoms with E-state index in [-0.39, 0.29) is 17.3 Å². The highest BCUT2D eigenvalue weighted by atomic mass is 35.5. The minimum absolute atomic E-state index is 0.0939. The predicted octanol–water partition coefficient (Wildman–Crippen LogP) is 4.27. The van der Waals surface area contributed by atoms with Crippen LogP contribution in [0.3, 0.4) is 0 Å². The second kappa shape index (κ2) is 7.82. The van der Waals surface area contributed by atoms with Crippen molar-refractivity contribution in [1.82, 2.24) is 0 Å². The molecule has 27 heavy (non-hydrogen) atoms. The number of methoxy groups -OCH3 is 1. The van der Waals surface area contributed by atoms with Crippen LogP contribution in [0.25, 0.3) is 6.08 Å². The molecule has 2 aromatic carbocycles. The lowest BCUT2D eigenvalue weighted by Crippen LogP contribution is -2.06. The molecule has 0 aliphatic carbocycles. The molecule has 0 fully saturated rings. The summed E-state index contributed by atoms with van der Waals surface area (Å²) < 4.78 is 15.5. The number of cyclic esters (lactones) is 1. The van der Waals surface area contributed by atoms with E-state index in [1.165, 1.54) is 26.2 Å². The highest BCUT2D eigenvalue weighted by Gasteiger charge is 2.25. The van der Waals surface area contributed by atoms with Crippen molar-refractivity contribution in [1.29, 1.82) is 0 Å². The molecule has 138 valence electrons. The van der Waals surface area contributed by atoms with Gasteiger partial charge in [-0.05, 0) is 42.0 Å². The quantitative estimate of drug-likeness (QED) is 0.431. The van der Waals surface area contributed by atoms with Crippen molar-refractivity contribution < 1.29 is 23.8 Å². The largest absolute Gasteiger partial charge is 0.493 e. The summed E-state index contributed by atoms with van der Waals surface area (Å²) in [6.07, 6.45) is 1.53. The normalized spacial score (nSPS) is 14.7. The number of ether oxygens (including phenoxy) is 3. The Morgan fingerprint density at radius 3 is 2.59 bits per heavy atom. The van der Waals surface area contributed by atoms with Gasteiger partial charge in [-0.15, -0.1) is 0 Å². The molecule has 3 rings (SSSR count). The van der Waals surface area contributed by atoms with Crippen LogP contribution in [0, 0.1) is 0 Å². The summed E-state index contributed by atoms with van der Waals surface area (Å²) in [6.45, 7) is 1.29. The van der Waals surface area contributed by atoms with Gasteiger partial charge in [0, 0.05) is 11.9 Å². The van der Waals surface area contributed by atoms with Crippen LogP contribution >= 0.6 is 23.2 Å². The van der Waals surface area contributed by atoms with E-state index >= 15 is 0 Å². The maximum absolute atomic E-state index is 12.1. The van der Waals surface area contributed by atoms with Gasteiger partial charge < -0.3 is 14.2 Å². The van der Waals surface area contributed by atoms with Crippen molar-refractivity contribution in [3.8, 4) is 11.5 Å². The number of aliphatic imine (C=N–C) groups is 1. The number of hydrogen-bond acceptors (Lipinski definition) is 6. The molecule has 0 unspecified atom stereocenters. The van der Waals surface area contributed by atoms with E-state index in [0.29, 0.717) is 26.9 Å². The van der Waals surface area contributed by atoms with Gasteiger partial charge in [0.25, 0.3) is 0 Å². The molecule has 6 nitrogen and oxygen atoms in total. The van der Waals surface area contributed by atoms with Crippen molar-refractivity contribution in [2.75, 3.05) is 7.11 Å². The van der Waals surface area contributed by atoms with Crippen molar-refractivity contribution >= 4 is 47.1 Å². The van der Waals surface area contributed by atoms with Gasteiger partial charge in [0.1, 0.15) is 0 Å². The van der Waals surface area contributed by atoms with Crippen LogP contribution in [0.4, 0.5) is 0 Å². The highest BCUT2D eigenvalue weighted by Crippen LogP contribution is 2.30. The molecule has 0 saturated heterocycles. The average molecular weight is 406 g/mol. The van der Waals surface area contributed by atoms with Crippen molar-refractivity contribution in [3.63, 3.8) is 0 Å². The van der Waals surface area contributed by atoms with Crippen molar-refractivity contribution in [2.45, 2.75) is 6.92 Å². The maximum atomic E-state index is 12.1. The Morgan fingerprint density at radius 1 is 1.15 bits per heavy atom. The Labute approximate surface area is 165 Å². The third-order valence-corrected chi connectivity index (χ3v) is 4.07. The second-order valence-electron chi connectivity index (χ2n) is 5.46. The van der Waals surface area contributed by atoms with Crippen LogP contribution in [0.5, 0.6) is 11.5 Å². The summed E-state index contributed by atoms with van der Waals surface area (Å²) in [7, 11) is 1.45. The summed E-state index contributed by atoms with van der Waals surface area (Å²) in [5.41, 5.74) is 1.17. The molecule has 0 bridgehead atoms. The van der Waals surface area contributed by atoms with E-state index in [9.17, 15) is 9.59 Å². The molecule has 0 saturated carbocycles. The number of hydrogen-bond donors (Lipinski definition) is 0. The highest BCUT2D eigenvalue weighted by molar-refractivity contribution is 6.37. The molecule has 1 aliphatic rings. The standard InChI is InChI=1S/C19H13Cl2NO5/c1-10(23)26-16-6-3-11(8-17(16)25-2)7-15-19(24)27-18(22-15)13-5-4-12(20)9-14(13)21/h3-9H,1-2H3/b15-7+. The Morgan fingerprint density at radius 2 is 1.93 bits per heavy atom. The molecular weight excluding hydrogens is 393 g/mol. The molecule has 0 radical (unpaired) electrons. The molecule has 0 N–H and O–H groups in total. The molecule has 1 aliphatic heterocycles. The van der Waals surface area contributed by atoms with E-state index in [1.54, 1.807) is 30.3 Å². The van der Waals surface area contributed by atoms with Gasteiger partial charge in [0.2, 0.25) is 5.90 Å². The summed E-state index contributed by atoms with van der Waals surface area (Å²) in [5, 5.41) is 0.784. The SMILES string of the molecule is COc1cc(/C=C2/N=C(c3ccc(Cl)cc3Cl)OC2=O)ccc1OC(C)=O. The number of nitrogens with zero attached hydrogens (tertiary/aromatic N) is 1. The number of benzene rings is 2. The summed E-state index contributed by atoms with van der Waals surface area (Å²) in [4.78, 5) is 27.5. The average Bonchev–Trinajstić information content (AvgIpc) is 2.96. The van der Waals surface area contributed by atoms with Crippen molar-refractivity contribution in [3.05, 3.63) is 63.3 Å². The van der Waals surface area contributed by atoms with E-state index in [1.807, 2.05) is 0 Å². The van der Waals surface area contributed by atoms with Gasteiger partial charge in [-0.3, -0.25) is 4.79 Å². The van der Waals surface area contributed by atoms with E-state index in [2.05, 4.69) is 4.99 Å². The summed E-state index contributed by atoms with van der Waals surface area (Å²) in [6, 6.07) is 9.62. The Balaban J connectivity index is 1.93. The predicted molar refractivity (Wildman–Crippen MR) is 101 cm³/mol. The topological polar surface area (TPSA) is 74.2 Å². The van der Waals surface area contributed by atoms with Gasteiger partial charge in [0.05, 0.1) is 17.7 Å². The molecule has 0 amide bonds. The second-order valence-corrected chi connectivity index (χ2v) is 6.31. The number of carbonyl (C=O) groups is 2. The maximum Gasteiger partial charge on any atom is 0.363 e. The smallest absolute Gasteiger partial charge is 0.363 e. The lowest BCUT2D eigenvalue weighted by molar-refractivity contribution is -0.132. The molecule has 0 aromatic heterocycles. The first-order valence-electron chi connectivity index (χ1n) is 7.72. The number of halogens is 2. The van der Waals surface area contributed by atoms with Gasteiger partial charge >= 0.3 is 11.9 Å². The monoisotopic (exact) mass is 405 g/mol. The minimum Gasteiger partial charge on any atom is -0.493 e. The minimum atomic E-state index is -0.612. The zero-order valence-corrected chi connectivity index (χ0v) is 15.8. The van der Waals surface area contributed by atoms with Crippen LogP contribution in [-0.4, -0.2) is 24.9 Å². The number of rotatable bonds is 4. The Kier molecular flexibility index (Phi) is 5.48. The van der Waals surface area contributed by atoms with Gasteiger partial charge in [-0.1, -0.05) is 29.3 Å². The van der Waals surface area contributed by atoms with Crippen LogP contribution < -0.4 is 9.47 Å². The number of carbonyl (C=O) groups excluding carboxylic acids is 2. The van der Waals surface area contributed by atoms with Crippen LogP contribution in [0.1, 0.15) is 18.1 Å². The van der Waals surface area contributed by atoms with Gasteiger partial charge in [-0.25, -0.2) is 9.79 Å². The zero-order valence-electron chi connectivity index (χ0n) is 14.3. The Bertz CT molecular complexity index is 998. The Hall–Kier alpha value is -2.83. The molecule has 0 spiro atoms. The van der Waals surface area contributed by atoms with Crippen LogP contribution in [0.15, 0.2) is 47.1 Å². The third kappa shape index (κ3) is 4.30. The van der Waals surface area contributed by atoms with Gasteiger partial charge in [-0.2, -0.15) is 0 Å². The first kappa shape index (κ1) is 18.9. The summed E-state index contributed by atoms with van der Waals surface area (Å²) in [5.74, 6) is -0.363. The number of esters is 2. The fraction of sp³-hybridized carbons (Fsp3) is 0.105. The first-order chi connectivity index (χ1) is 12.9. The first-order valence-corrected chi connectivity index (χ1v) is 8.47. The van der Waals surface area contributed by atoms with E-state index < -0.39 is 11.9 Å².